The van der Waals surface area contributed by atoms with Crippen LogP contribution in [0.15, 0.2) is 42.5 Å². The van der Waals surface area contributed by atoms with Gasteiger partial charge in [0.25, 0.3) is 0 Å². The normalized spacial score (nSPS) is 12.2. The number of halogens is 1. The van der Waals surface area contributed by atoms with Crippen LogP contribution in [0.5, 0.6) is 0 Å². The van der Waals surface area contributed by atoms with E-state index in [0.29, 0.717) is 0 Å². The quantitative estimate of drug-likeness (QED) is 0.898. The van der Waals surface area contributed by atoms with Crippen LogP contribution >= 0.6 is 11.6 Å². The van der Waals surface area contributed by atoms with Crippen molar-refractivity contribution in [3.05, 3.63) is 64.2 Å². The van der Waals surface area contributed by atoms with E-state index in [0.717, 1.165) is 23.6 Å². The second kappa shape index (κ2) is 6.97. The molecule has 112 valence electrons. The molecule has 0 aliphatic heterocycles. The van der Waals surface area contributed by atoms with Crippen LogP contribution < -0.4 is 10.6 Å². The first-order chi connectivity index (χ1) is 9.97. The van der Waals surface area contributed by atoms with Crippen molar-refractivity contribution >= 4 is 17.3 Å². The predicted molar refractivity (Wildman–Crippen MR) is 92.1 cm³/mol. The van der Waals surface area contributed by atoms with Crippen molar-refractivity contribution in [2.75, 3.05) is 11.9 Å². The van der Waals surface area contributed by atoms with Crippen molar-refractivity contribution in [1.82, 2.24) is 0 Å². The number of hydrogen-bond donors (Lipinski definition) is 1. The van der Waals surface area contributed by atoms with E-state index in [9.17, 15) is 0 Å². The molecular formula is C18H23ClN2. The minimum atomic E-state index is 0.190. The third kappa shape index (κ3) is 4.23. The van der Waals surface area contributed by atoms with Crippen molar-refractivity contribution in [3.63, 3.8) is 0 Å². The van der Waals surface area contributed by atoms with Crippen LogP contribution in [0, 0.1) is 6.92 Å². The molecule has 0 heterocycles. The highest BCUT2D eigenvalue weighted by Crippen LogP contribution is 2.23. The lowest BCUT2D eigenvalue weighted by atomic mass is 10.0. The van der Waals surface area contributed by atoms with E-state index in [1.54, 1.807) is 0 Å². The molecule has 0 fully saturated rings. The third-order valence-corrected chi connectivity index (χ3v) is 4.04. The van der Waals surface area contributed by atoms with E-state index >= 15 is 0 Å². The van der Waals surface area contributed by atoms with Gasteiger partial charge in [-0.1, -0.05) is 35.9 Å². The molecule has 0 saturated carbocycles. The molecule has 21 heavy (non-hydrogen) atoms. The van der Waals surface area contributed by atoms with Crippen LogP contribution in [0.3, 0.4) is 0 Å². The standard InChI is InChI=1S/C18H23ClN2/c1-13-10-17(9-8-15(13)11-14(2)20)21(3)12-16-6-4-5-7-18(16)19/h4-10,14H,11-12,20H2,1-3H3. The fraction of sp³-hybridized carbons (Fsp3) is 0.333. The average Bonchev–Trinajstić information content (AvgIpc) is 2.43. The molecule has 0 radical (unpaired) electrons. The topological polar surface area (TPSA) is 29.3 Å². The van der Waals surface area contributed by atoms with Gasteiger partial charge >= 0.3 is 0 Å². The van der Waals surface area contributed by atoms with Gasteiger partial charge in [-0.15, -0.1) is 0 Å². The maximum Gasteiger partial charge on any atom is 0.0455 e. The maximum absolute atomic E-state index is 6.23. The Morgan fingerprint density at radius 3 is 2.48 bits per heavy atom. The molecule has 0 saturated heterocycles. The molecule has 0 aromatic heterocycles. The van der Waals surface area contributed by atoms with E-state index in [2.05, 4.69) is 43.1 Å². The summed E-state index contributed by atoms with van der Waals surface area (Å²) in [5.41, 5.74) is 10.8. The number of nitrogens with two attached hydrogens (primary N) is 1. The second-order valence-electron chi connectivity index (χ2n) is 5.74. The summed E-state index contributed by atoms with van der Waals surface area (Å²) in [5, 5.41) is 0.814. The van der Waals surface area contributed by atoms with Gasteiger partial charge in [0.2, 0.25) is 0 Å². The zero-order valence-corrected chi connectivity index (χ0v) is 13.7. The summed E-state index contributed by atoms with van der Waals surface area (Å²) in [5.74, 6) is 0. The number of benzene rings is 2. The fourth-order valence-corrected chi connectivity index (χ4v) is 2.66. The fourth-order valence-electron chi connectivity index (χ4n) is 2.47. The van der Waals surface area contributed by atoms with E-state index in [1.165, 1.54) is 16.8 Å². The highest BCUT2D eigenvalue weighted by Gasteiger charge is 2.08. The second-order valence-corrected chi connectivity index (χ2v) is 6.15. The molecule has 0 spiro atoms. The molecular weight excluding hydrogens is 280 g/mol. The molecule has 2 aromatic carbocycles. The Morgan fingerprint density at radius 2 is 1.86 bits per heavy atom. The molecule has 2 N–H and O–H groups in total. The Hall–Kier alpha value is -1.51. The summed E-state index contributed by atoms with van der Waals surface area (Å²) in [7, 11) is 2.09. The predicted octanol–water partition coefficient (Wildman–Crippen LogP) is 4.17. The SMILES string of the molecule is Cc1cc(N(C)Cc2ccccc2Cl)ccc1CC(C)N. The van der Waals surface area contributed by atoms with Gasteiger partial charge in [-0.25, -0.2) is 0 Å². The number of anilines is 1. The molecule has 2 rings (SSSR count). The maximum atomic E-state index is 6.23. The lowest BCUT2D eigenvalue weighted by Crippen LogP contribution is -2.19. The third-order valence-electron chi connectivity index (χ3n) is 3.67. The number of rotatable bonds is 5. The van der Waals surface area contributed by atoms with Crippen LogP contribution in [0.1, 0.15) is 23.6 Å². The highest BCUT2D eigenvalue weighted by molar-refractivity contribution is 6.31. The van der Waals surface area contributed by atoms with Gasteiger partial charge in [-0.05, 0) is 55.2 Å². The van der Waals surface area contributed by atoms with E-state index in [4.69, 9.17) is 17.3 Å². The van der Waals surface area contributed by atoms with Crippen LogP contribution in [0.4, 0.5) is 5.69 Å². The lowest BCUT2D eigenvalue weighted by Gasteiger charge is -2.21. The van der Waals surface area contributed by atoms with Crippen LogP contribution in [0.25, 0.3) is 0 Å². The van der Waals surface area contributed by atoms with Crippen LogP contribution in [-0.4, -0.2) is 13.1 Å². The van der Waals surface area contributed by atoms with Gasteiger partial charge in [-0.3, -0.25) is 0 Å². The lowest BCUT2D eigenvalue weighted by molar-refractivity contribution is 0.734. The monoisotopic (exact) mass is 302 g/mol. The molecule has 1 atom stereocenters. The minimum absolute atomic E-state index is 0.190. The van der Waals surface area contributed by atoms with Crippen LogP contribution in [0.2, 0.25) is 5.02 Å². The van der Waals surface area contributed by atoms with Crippen molar-refractivity contribution in [3.8, 4) is 0 Å². The first-order valence-electron chi connectivity index (χ1n) is 7.27. The number of nitrogens with zero attached hydrogens (tertiary/aromatic N) is 1. The smallest absolute Gasteiger partial charge is 0.0455 e. The van der Waals surface area contributed by atoms with Gasteiger partial charge < -0.3 is 10.6 Å². The highest BCUT2D eigenvalue weighted by atomic mass is 35.5. The van der Waals surface area contributed by atoms with Gasteiger partial charge in [0, 0.05) is 30.3 Å². The van der Waals surface area contributed by atoms with Crippen LogP contribution in [-0.2, 0) is 13.0 Å². The zero-order chi connectivity index (χ0) is 15.4. The van der Waals surface area contributed by atoms with Gasteiger partial charge in [0.15, 0.2) is 0 Å². The number of hydrogen-bond acceptors (Lipinski definition) is 2. The Labute approximate surface area is 132 Å². The van der Waals surface area contributed by atoms with Crippen molar-refractivity contribution in [1.29, 1.82) is 0 Å². The Morgan fingerprint density at radius 1 is 1.14 bits per heavy atom. The Bertz CT molecular complexity index is 608. The average molecular weight is 303 g/mol. The van der Waals surface area contributed by atoms with E-state index in [1.807, 2.05) is 25.1 Å². The van der Waals surface area contributed by atoms with Gasteiger partial charge in [0.1, 0.15) is 0 Å². The van der Waals surface area contributed by atoms with Crippen molar-refractivity contribution < 1.29 is 0 Å². The summed E-state index contributed by atoms with van der Waals surface area (Å²) in [6.07, 6.45) is 0.917. The molecule has 3 heteroatoms. The van der Waals surface area contributed by atoms with Gasteiger partial charge in [-0.2, -0.15) is 0 Å². The first kappa shape index (κ1) is 15.9. The van der Waals surface area contributed by atoms with E-state index < -0.39 is 0 Å². The summed E-state index contributed by atoms with van der Waals surface area (Å²) < 4.78 is 0. The summed E-state index contributed by atoms with van der Waals surface area (Å²) in [4.78, 5) is 2.21. The molecule has 1 unspecified atom stereocenters. The molecule has 2 aromatic rings. The summed E-state index contributed by atoms with van der Waals surface area (Å²) >= 11 is 6.23. The summed E-state index contributed by atoms with van der Waals surface area (Å²) in [6.45, 7) is 4.98. The Kier molecular flexibility index (Phi) is 5.27. The molecule has 0 aliphatic carbocycles. The molecule has 2 nitrogen and oxygen atoms in total. The summed E-state index contributed by atoms with van der Waals surface area (Å²) in [6, 6.07) is 14.7. The zero-order valence-electron chi connectivity index (χ0n) is 12.9. The van der Waals surface area contributed by atoms with Crippen molar-refractivity contribution in [2.45, 2.75) is 32.9 Å². The Balaban J connectivity index is 2.14. The number of aryl methyl sites for hydroxylation is 1. The van der Waals surface area contributed by atoms with Crippen molar-refractivity contribution in [2.24, 2.45) is 5.73 Å². The van der Waals surface area contributed by atoms with Gasteiger partial charge in [0.05, 0.1) is 0 Å². The first-order valence-corrected chi connectivity index (χ1v) is 7.65. The van der Waals surface area contributed by atoms with E-state index in [-0.39, 0.29) is 6.04 Å². The molecule has 0 amide bonds. The molecule has 0 aliphatic rings. The minimum Gasteiger partial charge on any atom is -0.370 e. The molecule has 0 bridgehead atoms. The largest absolute Gasteiger partial charge is 0.370 e.